The van der Waals surface area contributed by atoms with Gasteiger partial charge in [-0.15, -0.1) is 0 Å². The molecular weight excluding hydrogens is 562 g/mol. The van der Waals surface area contributed by atoms with Crippen LogP contribution >= 0.6 is 15.9 Å². The molecule has 1 heterocycles. The summed E-state index contributed by atoms with van der Waals surface area (Å²) in [6, 6.07) is 27.1. The first kappa shape index (κ1) is 27.3. The van der Waals surface area contributed by atoms with Gasteiger partial charge in [-0.3, -0.25) is 9.59 Å². The van der Waals surface area contributed by atoms with Crippen molar-refractivity contribution >= 4 is 46.0 Å². The van der Waals surface area contributed by atoms with Crippen LogP contribution in [0.25, 0.3) is 6.08 Å². The Balaban J connectivity index is 1.35. The summed E-state index contributed by atoms with van der Waals surface area (Å²) in [5.74, 6) is -1.25. The van der Waals surface area contributed by atoms with E-state index in [-0.39, 0.29) is 18.2 Å². The van der Waals surface area contributed by atoms with Gasteiger partial charge in [0.2, 0.25) is 5.91 Å². The molecule has 0 saturated heterocycles. The van der Waals surface area contributed by atoms with Crippen LogP contribution in [0.15, 0.2) is 117 Å². The lowest BCUT2D eigenvalue weighted by molar-refractivity contribution is -0.129. The van der Waals surface area contributed by atoms with E-state index >= 15 is 0 Å². The standard InChI is InChI=1S/C30H24BrN3O5/c31-24-13-15-26(39-28(36)16-14-25-12-7-17-38-25)23(18-24)19-33-34-27(35)20-32-30(37)29(21-8-3-1-4-9-21)22-10-5-2-6-11-22/h1-19,29H,20H2,(H,32,37)(H,34,35)/b16-14+,33-19-. The van der Waals surface area contributed by atoms with Crippen LogP contribution < -0.4 is 15.5 Å². The number of nitrogens with zero attached hydrogens (tertiary/aromatic N) is 1. The molecule has 39 heavy (non-hydrogen) atoms. The number of esters is 1. The average molecular weight is 586 g/mol. The quantitative estimate of drug-likeness (QED) is 0.0888. The molecule has 196 valence electrons. The highest BCUT2D eigenvalue weighted by Crippen LogP contribution is 2.25. The summed E-state index contributed by atoms with van der Waals surface area (Å²) in [6.45, 7) is -0.274. The SMILES string of the molecule is O=C(CNC(=O)C(c1ccccc1)c1ccccc1)N/N=C\c1cc(Br)ccc1OC(=O)/C=C/c1ccco1. The van der Waals surface area contributed by atoms with Gasteiger partial charge in [-0.05, 0) is 47.5 Å². The van der Waals surface area contributed by atoms with E-state index in [9.17, 15) is 14.4 Å². The first-order chi connectivity index (χ1) is 19.0. The van der Waals surface area contributed by atoms with Gasteiger partial charge >= 0.3 is 5.97 Å². The molecule has 4 rings (SSSR count). The molecule has 2 N–H and O–H groups in total. The van der Waals surface area contributed by atoms with Crippen molar-refractivity contribution in [2.45, 2.75) is 5.92 Å². The molecule has 2 amide bonds. The maximum absolute atomic E-state index is 13.1. The molecule has 1 aromatic heterocycles. The lowest BCUT2D eigenvalue weighted by Gasteiger charge is -2.17. The highest BCUT2D eigenvalue weighted by molar-refractivity contribution is 9.10. The van der Waals surface area contributed by atoms with Gasteiger partial charge in [-0.25, -0.2) is 10.2 Å². The zero-order chi connectivity index (χ0) is 27.5. The van der Waals surface area contributed by atoms with E-state index in [1.54, 1.807) is 30.3 Å². The second-order valence-corrected chi connectivity index (χ2v) is 9.13. The van der Waals surface area contributed by atoms with Crippen LogP contribution in [0.2, 0.25) is 0 Å². The number of furan rings is 1. The molecule has 0 radical (unpaired) electrons. The number of ether oxygens (including phenoxy) is 1. The van der Waals surface area contributed by atoms with Crippen LogP contribution in [-0.4, -0.2) is 30.5 Å². The highest BCUT2D eigenvalue weighted by atomic mass is 79.9. The average Bonchev–Trinajstić information content (AvgIpc) is 3.47. The molecule has 0 aliphatic carbocycles. The van der Waals surface area contributed by atoms with E-state index < -0.39 is 17.8 Å². The Hall–Kier alpha value is -4.76. The molecule has 0 spiro atoms. The van der Waals surface area contributed by atoms with Crippen molar-refractivity contribution in [1.29, 1.82) is 0 Å². The first-order valence-electron chi connectivity index (χ1n) is 11.9. The molecule has 4 aromatic rings. The largest absolute Gasteiger partial charge is 0.465 e. The summed E-state index contributed by atoms with van der Waals surface area (Å²) < 4.78 is 11.3. The lowest BCUT2D eigenvalue weighted by Crippen LogP contribution is -2.37. The summed E-state index contributed by atoms with van der Waals surface area (Å²) in [5.41, 5.74) is 4.46. The molecular formula is C30H24BrN3O5. The van der Waals surface area contributed by atoms with Gasteiger partial charge in [-0.1, -0.05) is 76.6 Å². The van der Waals surface area contributed by atoms with Crippen molar-refractivity contribution in [2.75, 3.05) is 6.54 Å². The fraction of sp³-hybridized carbons (Fsp3) is 0.0667. The number of benzene rings is 3. The maximum Gasteiger partial charge on any atom is 0.336 e. The fourth-order valence-corrected chi connectivity index (χ4v) is 4.04. The van der Waals surface area contributed by atoms with Crippen LogP contribution in [0, 0.1) is 0 Å². The van der Waals surface area contributed by atoms with Crippen molar-refractivity contribution < 1.29 is 23.5 Å². The topological polar surface area (TPSA) is 110 Å². The van der Waals surface area contributed by atoms with E-state index in [0.29, 0.717) is 11.3 Å². The van der Waals surface area contributed by atoms with E-state index in [4.69, 9.17) is 9.15 Å². The summed E-state index contributed by atoms with van der Waals surface area (Å²) in [5, 5.41) is 6.64. The number of halogens is 1. The normalized spacial score (nSPS) is 11.1. The van der Waals surface area contributed by atoms with Crippen molar-refractivity contribution in [2.24, 2.45) is 5.10 Å². The molecule has 0 bridgehead atoms. The summed E-state index contributed by atoms with van der Waals surface area (Å²) in [6.07, 6.45) is 5.58. The van der Waals surface area contributed by atoms with Gasteiger partial charge in [0.25, 0.3) is 5.91 Å². The minimum absolute atomic E-state index is 0.243. The molecule has 0 aliphatic heterocycles. The molecule has 3 aromatic carbocycles. The van der Waals surface area contributed by atoms with Crippen LogP contribution in [-0.2, 0) is 14.4 Å². The van der Waals surface area contributed by atoms with Gasteiger partial charge < -0.3 is 14.5 Å². The summed E-state index contributed by atoms with van der Waals surface area (Å²) in [7, 11) is 0. The molecule has 0 atom stereocenters. The van der Waals surface area contributed by atoms with Crippen LogP contribution in [0.3, 0.4) is 0 Å². The Bertz CT molecular complexity index is 1430. The monoisotopic (exact) mass is 585 g/mol. The van der Waals surface area contributed by atoms with Gasteiger partial charge in [0.1, 0.15) is 11.5 Å². The Kier molecular flexibility index (Phi) is 9.57. The predicted octanol–water partition coefficient (Wildman–Crippen LogP) is 5.06. The third kappa shape index (κ3) is 8.11. The Morgan fingerprint density at radius 3 is 2.26 bits per heavy atom. The number of hydrazone groups is 1. The smallest absolute Gasteiger partial charge is 0.336 e. The predicted molar refractivity (Wildman–Crippen MR) is 151 cm³/mol. The summed E-state index contributed by atoms with van der Waals surface area (Å²) >= 11 is 3.37. The Morgan fingerprint density at radius 1 is 0.923 bits per heavy atom. The Labute approximate surface area is 233 Å². The van der Waals surface area contributed by atoms with Crippen LogP contribution in [0.5, 0.6) is 5.75 Å². The van der Waals surface area contributed by atoms with Gasteiger partial charge in [0.05, 0.1) is 24.9 Å². The van der Waals surface area contributed by atoms with Gasteiger partial charge in [-0.2, -0.15) is 5.10 Å². The highest BCUT2D eigenvalue weighted by Gasteiger charge is 2.22. The third-order valence-electron chi connectivity index (χ3n) is 5.45. The Morgan fingerprint density at radius 2 is 1.62 bits per heavy atom. The minimum Gasteiger partial charge on any atom is -0.465 e. The van der Waals surface area contributed by atoms with Crippen molar-refractivity contribution in [3.8, 4) is 5.75 Å². The number of hydrogen-bond donors (Lipinski definition) is 2. The number of carbonyl (C=O) groups is 3. The van der Waals surface area contributed by atoms with Crippen molar-refractivity contribution in [1.82, 2.24) is 10.7 Å². The van der Waals surface area contributed by atoms with Crippen molar-refractivity contribution in [3.05, 3.63) is 130 Å². The number of hydrogen-bond acceptors (Lipinski definition) is 6. The van der Waals surface area contributed by atoms with Crippen molar-refractivity contribution in [3.63, 3.8) is 0 Å². The molecule has 9 heteroatoms. The third-order valence-corrected chi connectivity index (χ3v) is 5.95. The molecule has 0 saturated carbocycles. The second-order valence-electron chi connectivity index (χ2n) is 8.22. The number of amides is 2. The minimum atomic E-state index is -0.610. The molecule has 0 unspecified atom stereocenters. The molecule has 8 nitrogen and oxygen atoms in total. The van der Waals surface area contributed by atoms with Gasteiger partial charge in [0, 0.05) is 16.1 Å². The van der Waals surface area contributed by atoms with E-state index in [0.717, 1.165) is 15.6 Å². The number of nitrogens with one attached hydrogen (secondary N) is 2. The summed E-state index contributed by atoms with van der Waals surface area (Å²) in [4.78, 5) is 37.7. The number of rotatable bonds is 10. The van der Waals surface area contributed by atoms with Gasteiger partial charge in [0.15, 0.2) is 0 Å². The zero-order valence-corrected chi connectivity index (χ0v) is 22.2. The lowest BCUT2D eigenvalue weighted by atomic mass is 9.90. The van der Waals surface area contributed by atoms with E-state index in [1.807, 2.05) is 60.7 Å². The molecule has 0 fully saturated rings. The maximum atomic E-state index is 13.1. The first-order valence-corrected chi connectivity index (χ1v) is 12.7. The van der Waals surface area contributed by atoms with E-state index in [1.165, 1.54) is 24.6 Å². The fourth-order valence-electron chi connectivity index (χ4n) is 3.66. The second kappa shape index (κ2) is 13.7. The van der Waals surface area contributed by atoms with E-state index in [2.05, 4.69) is 31.8 Å². The zero-order valence-electron chi connectivity index (χ0n) is 20.6. The van der Waals surface area contributed by atoms with Crippen LogP contribution in [0.1, 0.15) is 28.4 Å². The number of carbonyl (C=O) groups excluding carboxylic acids is 3. The molecule has 0 aliphatic rings. The van der Waals surface area contributed by atoms with Crippen LogP contribution in [0.4, 0.5) is 0 Å².